The van der Waals surface area contributed by atoms with E-state index in [-0.39, 0.29) is 5.91 Å². The normalized spacial score (nSPS) is 16.8. The molecule has 2 heterocycles. The van der Waals surface area contributed by atoms with Crippen LogP contribution in [0.5, 0.6) is 0 Å². The number of nitriles is 1. The highest BCUT2D eigenvalue weighted by molar-refractivity contribution is 8.11. The lowest BCUT2D eigenvalue weighted by molar-refractivity contribution is -0.113. The fourth-order valence-electron chi connectivity index (χ4n) is 2.11. The lowest BCUT2D eigenvalue weighted by atomic mass is 10.2. The first kappa shape index (κ1) is 16.2. The van der Waals surface area contributed by atoms with Crippen LogP contribution in [0.1, 0.15) is 10.4 Å². The molecular formula is C17H14N4OS2. The largest absolute Gasteiger partial charge is 0.321 e. The van der Waals surface area contributed by atoms with Crippen LogP contribution >= 0.6 is 22.2 Å². The van der Waals surface area contributed by atoms with Crippen molar-refractivity contribution in [1.29, 1.82) is 5.26 Å². The maximum atomic E-state index is 12.6. The first-order valence-corrected chi connectivity index (χ1v) is 9.21. The van der Waals surface area contributed by atoms with Gasteiger partial charge in [-0.25, -0.2) is 4.40 Å². The van der Waals surface area contributed by atoms with E-state index in [9.17, 15) is 4.79 Å². The molecule has 1 N–H and O–H groups in total. The lowest BCUT2D eigenvalue weighted by Gasteiger charge is -2.26. The minimum Gasteiger partial charge on any atom is -0.321 e. The number of amides is 1. The zero-order valence-electron chi connectivity index (χ0n) is 12.9. The van der Waals surface area contributed by atoms with E-state index in [4.69, 9.17) is 5.26 Å². The number of hydrogen-bond donors (Lipinski definition) is 1. The van der Waals surface area contributed by atoms with Crippen LogP contribution < -0.4 is 5.32 Å². The Morgan fingerprint density at radius 2 is 2.12 bits per heavy atom. The Balaban J connectivity index is 1.85. The number of allylic oxidation sites excluding steroid dienone is 1. The molecule has 1 unspecified atom stereocenters. The number of anilines is 1. The molecule has 7 heteroatoms. The standard InChI is InChI=1S/C17H14N4OS2/c1-21-15(10-14(20-24(21)2)16-4-3-9-23-16)17(22)19-13-7-5-12(11-18)6-8-13/h3-10H,2H2,1H3,(H,19,22). The zero-order chi connectivity index (χ0) is 17.1. The second kappa shape index (κ2) is 6.83. The Labute approximate surface area is 146 Å². The summed E-state index contributed by atoms with van der Waals surface area (Å²) in [5.74, 6) is 3.79. The van der Waals surface area contributed by atoms with Crippen molar-refractivity contribution in [2.75, 3.05) is 12.4 Å². The zero-order valence-corrected chi connectivity index (χ0v) is 14.5. The summed E-state index contributed by atoms with van der Waals surface area (Å²) in [6.07, 6.45) is 1.78. The van der Waals surface area contributed by atoms with Crippen molar-refractivity contribution in [1.82, 2.24) is 4.31 Å². The summed E-state index contributed by atoms with van der Waals surface area (Å²) >= 11 is 1.57. The quantitative estimate of drug-likeness (QED) is 0.859. The number of nitrogens with one attached hydrogen (secondary N) is 1. The van der Waals surface area contributed by atoms with Crippen molar-refractivity contribution in [3.63, 3.8) is 0 Å². The third-order valence-electron chi connectivity index (χ3n) is 3.41. The molecule has 1 aromatic heterocycles. The van der Waals surface area contributed by atoms with Crippen LogP contribution in [-0.2, 0) is 4.79 Å². The van der Waals surface area contributed by atoms with E-state index in [2.05, 4.69) is 21.7 Å². The van der Waals surface area contributed by atoms with Crippen LogP contribution in [0.3, 0.4) is 0 Å². The molecule has 0 aliphatic carbocycles. The van der Waals surface area contributed by atoms with E-state index < -0.39 is 10.9 Å². The molecule has 1 atom stereocenters. The van der Waals surface area contributed by atoms with E-state index in [1.165, 1.54) is 0 Å². The highest BCUT2D eigenvalue weighted by Gasteiger charge is 2.22. The Hall–Kier alpha value is -2.69. The van der Waals surface area contributed by atoms with Gasteiger partial charge < -0.3 is 9.62 Å². The predicted molar refractivity (Wildman–Crippen MR) is 101 cm³/mol. The van der Waals surface area contributed by atoms with Gasteiger partial charge in [0.15, 0.2) is 0 Å². The molecule has 0 radical (unpaired) electrons. The van der Waals surface area contributed by atoms with E-state index in [1.54, 1.807) is 53.0 Å². The number of likely N-dealkylation sites (N-methyl/N-ethyl adjacent to an activating group) is 1. The molecule has 0 saturated carbocycles. The average molecular weight is 354 g/mol. The molecule has 120 valence electrons. The Bertz CT molecular complexity index is 890. The van der Waals surface area contributed by atoms with Gasteiger partial charge in [0.05, 0.1) is 22.2 Å². The van der Waals surface area contributed by atoms with Gasteiger partial charge in [0.2, 0.25) is 0 Å². The van der Waals surface area contributed by atoms with Gasteiger partial charge >= 0.3 is 0 Å². The molecule has 1 aromatic carbocycles. The SMILES string of the molecule is C=S1N=C(c2cccs2)C=C(C(=O)Nc2ccc(C#N)cc2)N1C. The molecule has 24 heavy (non-hydrogen) atoms. The topological polar surface area (TPSA) is 68.5 Å². The van der Waals surface area contributed by atoms with Crippen molar-refractivity contribution in [2.24, 2.45) is 4.40 Å². The minimum absolute atomic E-state index is 0.229. The fourth-order valence-corrected chi connectivity index (χ4v) is 3.71. The molecule has 3 rings (SSSR count). The van der Waals surface area contributed by atoms with E-state index in [1.807, 2.05) is 17.5 Å². The molecule has 0 bridgehead atoms. The number of thiophene rings is 1. The fraction of sp³-hybridized carbons (Fsp3) is 0.0588. The number of hydrogen-bond acceptors (Lipinski definition) is 5. The van der Waals surface area contributed by atoms with Gasteiger partial charge in [0.25, 0.3) is 5.91 Å². The summed E-state index contributed by atoms with van der Waals surface area (Å²) in [6.45, 7) is 0. The van der Waals surface area contributed by atoms with Crippen molar-refractivity contribution in [3.8, 4) is 6.07 Å². The van der Waals surface area contributed by atoms with E-state index in [0.29, 0.717) is 16.9 Å². The molecule has 2 aromatic rings. The van der Waals surface area contributed by atoms with Gasteiger partial charge in [-0.05, 0) is 47.7 Å². The van der Waals surface area contributed by atoms with Gasteiger partial charge in [-0.2, -0.15) is 5.26 Å². The first-order chi connectivity index (χ1) is 11.6. The van der Waals surface area contributed by atoms with E-state index >= 15 is 0 Å². The Morgan fingerprint density at radius 1 is 1.38 bits per heavy atom. The minimum atomic E-state index is -0.658. The summed E-state index contributed by atoms with van der Waals surface area (Å²) in [6, 6.07) is 12.7. The maximum Gasteiger partial charge on any atom is 0.272 e. The van der Waals surface area contributed by atoms with Crippen LogP contribution in [0.25, 0.3) is 0 Å². The van der Waals surface area contributed by atoms with Crippen LogP contribution in [0.15, 0.2) is 57.9 Å². The van der Waals surface area contributed by atoms with Gasteiger partial charge in [0, 0.05) is 23.6 Å². The molecule has 0 saturated heterocycles. The van der Waals surface area contributed by atoms with Crippen LogP contribution in [0, 0.1) is 11.3 Å². The second-order valence-electron chi connectivity index (χ2n) is 4.96. The van der Waals surface area contributed by atoms with Gasteiger partial charge in [-0.1, -0.05) is 6.07 Å². The molecule has 0 fully saturated rings. The van der Waals surface area contributed by atoms with Crippen LogP contribution in [0.4, 0.5) is 5.69 Å². The lowest BCUT2D eigenvalue weighted by Crippen LogP contribution is -2.27. The number of rotatable bonds is 3. The van der Waals surface area contributed by atoms with Gasteiger partial charge in [-0.3, -0.25) is 4.79 Å². The van der Waals surface area contributed by atoms with Crippen molar-refractivity contribution in [2.45, 2.75) is 0 Å². The van der Waals surface area contributed by atoms with Crippen LogP contribution in [-0.4, -0.2) is 28.8 Å². The second-order valence-corrected chi connectivity index (χ2v) is 7.32. The summed E-state index contributed by atoms with van der Waals surface area (Å²) in [7, 11) is 1.14. The summed E-state index contributed by atoms with van der Waals surface area (Å²) in [4.78, 5) is 13.6. The smallest absolute Gasteiger partial charge is 0.272 e. The number of benzene rings is 1. The number of nitrogens with zero attached hydrogens (tertiary/aromatic N) is 3. The molecule has 0 spiro atoms. The van der Waals surface area contributed by atoms with Gasteiger partial charge in [0.1, 0.15) is 5.70 Å². The van der Waals surface area contributed by atoms with Crippen LogP contribution in [0.2, 0.25) is 0 Å². The maximum absolute atomic E-state index is 12.6. The van der Waals surface area contributed by atoms with Gasteiger partial charge in [-0.15, -0.1) is 11.3 Å². The first-order valence-electron chi connectivity index (χ1n) is 7.02. The molecule has 1 aliphatic rings. The summed E-state index contributed by atoms with van der Waals surface area (Å²) < 4.78 is 6.31. The van der Waals surface area contributed by atoms with Crippen molar-refractivity contribution in [3.05, 3.63) is 64.0 Å². The Morgan fingerprint density at radius 3 is 2.75 bits per heavy atom. The summed E-state index contributed by atoms with van der Waals surface area (Å²) in [5, 5.41) is 13.6. The molecule has 1 amide bonds. The molecular weight excluding hydrogens is 340 g/mol. The predicted octanol–water partition coefficient (Wildman–Crippen LogP) is 3.41. The third-order valence-corrected chi connectivity index (χ3v) is 5.54. The Kier molecular flexibility index (Phi) is 4.60. The average Bonchev–Trinajstić information content (AvgIpc) is 3.12. The van der Waals surface area contributed by atoms with Crippen molar-refractivity contribution < 1.29 is 4.79 Å². The van der Waals surface area contributed by atoms with E-state index in [0.717, 1.165) is 10.6 Å². The number of carbonyl (C=O) groups is 1. The van der Waals surface area contributed by atoms with Crippen molar-refractivity contribution >= 4 is 45.4 Å². The molecule has 1 aliphatic heterocycles. The number of carbonyl (C=O) groups excluding carboxylic acids is 1. The molecule has 5 nitrogen and oxygen atoms in total. The monoisotopic (exact) mass is 354 g/mol. The highest BCUT2D eigenvalue weighted by Crippen LogP contribution is 2.30. The highest BCUT2D eigenvalue weighted by atomic mass is 32.2. The summed E-state index contributed by atoms with van der Waals surface area (Å²) in [5.41, 5.74) is 2.47. The third kappa shape index (κ3) is 3.30.